The molecule has 2 heterocycles. The van der Waals surface area contributed by atoms with Crippen LogP contribution in [-0.4, -0.2) is 72.6 Å². The van der Waals surface area contributed by atoms with Crippen molar-refractivity contribution in [3.63, 3.8) is 0 Å². The summed E-state index contributed by atoms with van der Waals surface area (Å²) in [4.78, 5) is 44.2. The number of hydrogen-bond acceptors (Lipinski definition) is 6. The number of hydrogen-bond donors (Lipinski definition) is 2. The fourth-order valence-electron chi connectivity index (χ4n) is 2.86. The van der Waals surface area contributed by atoms with Gasteiger partial charge in [-0.2, -0.15) is 0 Å². The van der Waals surface area contributed by atoms with E-state index in [1.165, 1.54) is 36.2 Å². The lowest BCUT2D eigenvalue weighted by Gasteiger charge is -2.36. The number of aliphatic imine (C=N–C) groups is 1. The van der Waals surface area contributed by atoms with Gasteiger partial charge in [-0.1, -0.05) is 12.1 Å². The minimum absolute atomic E-state index is 0.116. The lowest BCUT2D eigenvalue weighted by Crippen LogP contribution is -2.59. The number of ketones is 1. The summed E-state index contributed by atoms with van der Waals surface area (Å²) in [5.41, 5.74) is 0.678. The number of likely N-dealkylation sites (N-methyl/N-ethyl adjacent to an activating group) is 1. The molecule has 0 bridgehead atoms. The van der Waals surface area contributed by atoms with Crippen molar-refractivity contribution in [2.75, 3.05) is 33.2 Å². The van der Waals surface area contributed by atoms with Gasteiger partial charge in [-0.05, 0) is 17.7 Å². The molecule has 1 fully saturated rings. The maximum absolute atomic E-state index is 12.9. The van der Waals surface area contributed by atoms with Crippen molar-refractivity contribution in [2.24, 2.45) is 4.99 Å². The number of carbonyl (C=O) groups excluding carboxylic acids is 3. The number of rotatable bonds is 3. The second kappa shape index (κ2) is 7.61. The molecule has 0 radical (unpaired) electrons. The number of nitrogens with zero attached hydrogens (tertiary/aromatic N) is 3. The number of Topliss-reactive ketones (excluding diaryl/α,β-unsaturated/α-hetero) is 1. The summed E-state index contributed by atoms with van der Waals surface area (Å²) >= 11 is 0. The van der Waals surface area contributed by atoms with Crippen LogP contribution in [0.4, 0.5) is 4.39 Å². The number of guanidine groups is 1. The van der Waals surface area contributed by atoms with E-state index in [0.29, 0.717) is 24.6 Å². The SMILES string of the molecule is CN1C(=O)C(=O)C(C(=O)NCc2ccc(F)cc2)N=C1N1CCNCC1. The molecule has 1 aromatic rings. The average molecular weight is 361 g/mol. The van der Waals surface area contributed by atoms with Crippen LogP contribution in [0.1, 0.15) is 5.56 Å². The molecule has 0 saturated carbocycles. The monoisotopic (exact) mass is 361 g/mol. The molecule has 1 saturated heterocycles. The van der Waals surface area contributed by atoms with E-state index >= 15 is 0 Å². The topological polar surface area (TPSA) is 94.1 Å². The second-order valence-corrected chi connectivity index (χ2v) is 6.14. The van der Waals surface area contributed by atoms with Crippen LogP contribution >= 0.6 is 0 Å². The highest BCUT2D eigenvalue weighted by Gasteiger charge is 2.41. The first-order valence-corrected chi connectivity index (χ1v) is 8.35. The summed E-state index contributed by atoms with van der Waals surface area (Å²) < 4.78 is 12.9. The molecule has 2 N–H and O–H groups in total. The normalized spacial score (nSPS) is 20.8. The Hall–Kier alpha value is -2.81. The van der Waals surface area contributed by atoms with Gasteiger partial charge in [0.2, 0.25) is 5.96 Å². The lowest BCUT2D eigenvalue weighted by atomic mass is 10.1. The number of amides is 2. The molecular weight excluding hydrogens is 341 g/mol. The molecule has 0 spiro atoms. The Morgan fingerprint density at radius 1 is 1.27 bits per heavy atom. The number of halogens is 1. The first kappa shape index (κ1) is 18.0. The number of nitrogens with one attached hydrogen (secondary N) is 2. The maximum Gasteiger partial charge on any atom is 0.299 e. The second-order valence-electron chi connectivity index (χ2n) is 6.14. The first-order valence-electron chi connectivity index (χ1n) is 8.35. The third-order valence-electron chi connectivity index (χ3n) is 4.34. The quantitative estimate of drug-likeness (QED) is 0.538. The summed E-state index contributed by atoms with van der Waals surface area (Å²) in [6.07, 6.45) is 0. The molecule has 26 heavy (non-hydrogen) atoms. The minimum atomic E-state index is -1.40. The maximum atomic E-state index is 12.9. The summed E-state index contributed by atoms with van der Waals surface area (Å²) in [6.45, 7) is 2.85. The Bertz CT molecular complexity index is 743. The Morgan fingerprint density at radius 3 is 2.58 bits per heavy atom. The van der Waals surface area contributed by atoms with Gasteiger partial charge in [0, 0.05) is 39.8 Å². The van der Waals surface area contributed by atoms with Crippen LogP contribution in [0, 0.1) is 5.82 Å². The summed E-state index contributed by atoms with van der Waals surface area (Å²) in [7, 11) is 1.48. The average Bonchev–Trinajstić information content (AvgIpc) is 2.66. The number of piperazine rings is 1. The largest absolute Gasteiger partial charge is 0.350 e. The molecule has 3 rings (SSSR count). The van der Waals surface area contributed by atoms with E-state index in [4.69, 9.17) is 0 Å². The van der Waals surface area contributed by atoms with E-state index in [1.807, 2.05) is 4.90 Å². The third-order valence-corrected chi connectivity index (χ3v) is 4.34. The van der Waals surface area contributed by atoms with E-state index in [-0.39, 0.29) is 12.4 Å². The van der Waals surface area contributed by atoms with Gasteiger partial charge in [-0.15, -0.1) is 0 Å². The van der Waals surface area contributed by atoms with E-state index < -0.39 is 23.6 Å². The molecule has 2 amide bonds. The highest BCUT2D eigenvalue weighted by atomic mass is 19.1. The third kappa shape index (κ3) is 3.72. The minimum Gasteiger partial charge on any atom is -0.350 e. The van der Waals surface area contributed by atoms with Crippen LogP contribution in [0.15, 0.2) is 29.3 Å². The number of carbonyl (C=O) groups is 3. The van der Waals surface area contributed by atoms with Gasteiger partial charge < -0.3 is 15.5 Å². The van der Waals surface area contributed by atoms with E-state index in [2.05, 4.69) is 15.6 Å². The van der Waals surface area contributed by atoms with E-state index in [1.54, 1.807) is 0 Å². The van der Waals surface area contributed by atoms with Gasteiger partial charge in [0.15, 0.2) is 6.04 Å². The molecule has 2 aliphatic rings. The van der Waals surface area contributed by atoms with Crippen LogP contribution in [-0.2, 0) is 20.9 Å². The van der Waals surface area contributed by atoms with Gasteiger partial charge in [-0.25, -0.2) is 9.38 Å². The van der Waals surface area contributed by atoms with Gasteiger partial charge >= 0.3 is 0 Å². The van der Waals surface area contributed by atoms with Gasteiger partial charge in [-0.3, -0.25) is 19.3 Å². The smallest absolute Gasteiger partial charge is 0.299 e. The zero-order chi connectivity index (χ0) is 18.7. The Morgan fingerprint density at radius 2 is 1.92 bits per heavy atom. The fourth-order valence-corrected chi connectivity index (χ4v) is 2.86. The molecule has 0 aliphatic carbocycles. The van der Waals surface area contributed by atoms with Gasteiger partial charge in [0.1, 0.15) is 5.82 Å². The van der Waals surface area contributed by atoms with Crippen molar-refractivity contribution in [3.8, 4) is 0 Å². The van der Waals surface area contributed by atoms with Gasteiger partial charge in [0.25, 0.3) is 17.6 Å². The van der Waals surface area contributed by atoms with Crippen LogP contribution in [0.2, 0.25) is 0 Å². The lowest BCUT2D eigenvalue weighted by molar-refractivity contribution is -0.145. The predicted molar refractivity (Wildman–Crippen MR) is 91.7 cm³/mol. The molecule has 2 aliphatic heterocycles. The molecule has 138 valence electrons. The predicted octanol–water partition coefficient (Wildman–Crippen LogP) is -0.887. The van der Waals surface area contributed by atoms with Crippen molar-refractivity contribution in [1.29, 1.82) is 0 Å². The Labute approximate surface area is 150 Å². The molecule has 1 atom stereocenters. The Balaban J connectivity index is 1.74. The van der Waals surface area contributed by atoms with Crippen LogP contribution in [0.25, 0.3) is 0 Å². The molecule has 1 aromatic carbocycles. The summed E-state index contributed by atoms with van der Waals surface area (Å²) in [5.74, 6) is -2.30. The fraction of sp³-hybridized carbons (Fsp3) is 0.412. The van der Waals surface area contributed by atoms with E-state index in [9.17, 15) is 18.8 Å². The van der Waals surface area contributed by atoms with Crippen molar-refractivity contribution in [3.05, 3.63) is 35.6 Å². The van der Waals surface area contributed by atoms with Crippen LogP contribution in [0.5, 0.6) is 0 Å². The van der Waals surface area contributed by atoms with Crippen molar-refractivity contribution in [1.82, 2.24) is 20.4 Å². The molecule has 0 aromatic heterocycles. The van der Waals surface area contributed by atoms with Gasteiger partial charge in [0.05, 0.1) is 0 Å². The molecule has 8 nitrogen and oxygen atoms in total. The van der Waals surface area contributed by atoms with E-state index in [0.717, 1.165) is 13.1 Å². The first-order chi connectivity index (χ1) is 12.5. The molecular formula is C17H20FN5O3. The van der Waals surface area contributed by atoms with Crippen molar-refractivity contribution < 1.29 is 18.8 Å². The van der Waals surface area contributed by atoms with Crippen LogP contribution in [0.3, 0.4) is 0 Å². The highest BCUT2D eigenvalue weighted by molar-refractivity contribution is 6.45. The zero-order valence-electron chi connectivity index (χ0n) is 14.4. The summed E-state index contributed by atoms with van der Waals surface area (Å²) in [5, 5.41) is 5.78. The molecule has 9 heteroatoms. The Kier molecular flexibility index (Phi) is 5.27. The number of benzene rings is 1. The molecule has 1 unspecified atom stereocenters. The highest BCUT2D eigenvalue weighted by Crippen LogP contribution is 2.12. The standard InChI is InChI=1S/C17H20FN5O3/c1-22-16(26)14(24)13(21-17(22)23-8-6-19-7-9-23)15(25)20-10-11-2-4-12(18)5-3-11/h2-5,13,19H,6-10H2,1H3,(H,20,25). The zero-order valence-corrected chi connectivity index (χ0v) is 14.4. The van der Waals surface area contributed by atoms with Crippen molar-refractivity contribution in [2.45, 2.75) is 12.6 Å². The van der Waals surface area contributed by atoms with Crippen molar-refractivity contribution >= 4 is 23.6 Å². The van der Waals surface area contributed by atoms with Crippen LogP contribution < -0.4 is 10.6 Å². The summed E-state index contributed by atoms with van der Waals surface area (Å²) in [6, 6.07) is 4.24.